The lowest BCUT2D eigenvalue weighted by molar-refractivity contribution is 0.570. The zero-order valence-electron chi connectivity index (χ0n) is 10.6. The van der Waals surface area contributed by atoms with Crippen LogP contribution >= 0.6 is 0 Å². The van der Waals surface area contributed by atoms with Gasteiger partial charge in [0.2, 0.25) is 0 Å². The molecule has 18 heavy (non-hydrogen) atoms. The number of hydrogen-bond acceptors (Lipinski definition) is 3. The molecule has 1 aromatic carbocycles. The third-order valence-corrected chi connectivity index (χ3v) is 3.15. The number of likely N-dealkylation sites (N-methyl/N-ethyl adjacent to an activating group) is 1. The van der Waals surface area contributed by atoms with Gasteiger partial charge in [0.05, 0.1) is 11.8 Å². The van der Waals surface area contributed by atoms with Crippen molar-refractivity contribution >= 4 is 5.69 Å². The molecule has 0 saturated heterocycles. The maximum Gasteiger partial charge on any atom is 0.146 e. The van der Waals surface area contributed by atoms with Crippen LogP contribution in [0.2, 0.25) is 0 Å². The van der Waals surface area contributed by atoms with Crippen molar-refractivity contribution in [3.63, 3.8) is 0 Å². The lowest BCUT2D eigenvalue weighted by Gasteiger charge is -2.26. The molecule has 2 rings (SSSR count). The van der Waals surface area contributed by atoms with Gasteiger partial charge in [-0.15, -0.1) is 0 Å². The number of hydrogen-bond donors (Lipinski definition) is 1. The Morgan fingerprint density at radius 1 is 1.50 bits per heavy atom. The molecule has 0 heterocycles. The average molecular weight is 247 g/mol. The fourth-order valence-electron chi connectivity index (χ4n) is 1.99. The molecule has 0 amide bonds. The van der Waals surface area contributed by atoms with Crippen molar-refractivity contribution < 1.29 is 4.39 Å². The maximum atomic E-state index is 13.7. The summed E-state index contributed by atoms with van der Waals surface area (Å²) < 4.78 is 13.7. The van der Waals surface area contributed by atoms with Crippen molar-refractivity contribution in [2.75, 3.05) is 18.0 Å². The van der Waals surface area contributed by atoms with E-state index < -0.39 is 0 Å². The van der Waals surface area contributed by atoms with Gasteiger partial charge in [-0.25, -0.2) is 4.39 Å². The highest BCUT2D eigenvalue weighted by Crippen LogP contribution is 2.21. The first kappa shape index (κ1) is 12.8. The van der Waals surface area contributed by atoms with Gasteiger partial charge < -0.3 is 4.90 Å². The van der Waals surface area contributed by atoms with Crippen LogP contribution in [0.5, 0.6) is 0 Å². The van der Waals surface area contributed by atoms with Gasteiger partial charge in [0.15, 0.2) is 0 Å². The lowest BCUT2D eigenvalue weighted by atomic mass is 10.2. The molecule has 1 aromatic rings. The number of anilines is 1. The van der Waals surface area contributed by atoms with Crippen LogP contribution in [-0.4, -0.2) is 25.2 Å². The molecule has 4 heteroatoms. The maximum absolute atomic E-state index is 13.7. The lowest BCUT2D eigenvalue weighted by Crippen LogP contribution is -2.41. The largest absolute Gasteiger partial charge is 0.367 e. The molecule has 1 unspecified atom stereocenters. The van der Waals surface area contributed by atoms with E-state index in [4.69, 9.17) is 5.26 Å². The van der Waals surface area contributed by atoms with E-state index in [1.807, 2.05) is 17.9 Å². The van der Waals surface area contributed by atoms with E-state index in [1.54, 1.807) is 12.1 Å². The number of nitrogens with one attached hydrogen (secondary N) is 1. The van der Waals surface area contributed by atoms with Crippen molar-refractivity contribution in [1.82, 2.24) is 5.32 Å². The second-order valence-electron chi connectivity index (χ2n) is 4.61. The summed E-state index contributed by atoms with van der Waals surface area (Å²) in [5.74, 6) is -0.234. The Bertz CT molecular complexity index is 437. The third kappa shape index (κ3) is 3.21. The Kier molecular flexibility index (Phi) is 4.16. The standard InChI is InChI=1S/C14H18FN3/c1-2-18(14-6-4-3-5-13(14)15)10-12(9-16)17-11-7-8-11/h3-6,11-12,17H,2,7-8,10H2,1H3. The predicted octanol–water partition coefficient (Wildman–Crippen LogP) is 2.30. The number of nitrogens with zero attached hydrogens (tertiary/aromatic N) is 2. The monoisotopic (exact) mass is 247 g/mol. The SMILES string of the molecule is CCN(CC(C#N)NC1CC1)c1ccccc1F. The number of benzene rings is 1. The highest BCUT2D eigenvalue weighted by Gasteiger charge is 2.25. The summed E-state index contributed by atoms with van der Waals surface area (Å²) in [6.45, 7) is 3.17. The van der Waals surface area contributed by atoms with Crippen LogP contribution in [-0.2, 0) is 0 Å². The minimum absolute atomic E-state index is 0.234. The number of para-hydroxylation sites is 1. The van der Waals surface area contributed by atoms with Gasteiger partial charge in [-0.3, -0.25) is 5.32 Å². The van der Waals surface area contributed by atoms with E-state index in [9.17, 15) is 4.39 Å². The predicted molar refractivity (Wildman–Crippen MR) is 69.8 cm³/mol. The molecular weight excluding hydrogens is 229 g/mol. The Hall–Kier alpha value is -1.60. The minimum Gasteiger partial charge on any atom is -0.367 e. The summed E-state index contributed by atoms with van der Waals surface area (Å²) in [6.07, 6.45) is 2.29. The first-order chi connectivity index (χ1) is 8.74. The van der Waals surface area contributed by atoms with Crippen molar-refractivity contribution in [3.8, 4) is 6.07 Å². The number of nitriles is 1. The van der Waals surface area contributed by atoms with E-state index in [0.717, 1.165) is 12.8 Å². The molecule has 1 atom stereocenters. The van der Waals surface area contributed by atoms with Gasteiger partial charge in [-0.1, -0.05) is 12.1 Å². The van der Waals surface area contributed by atoms with Crippen molar-refractivity contribution in [2.24, 2.45) is 0 Å². The smallest absolute Gasteiger partial charge is 0.146 e. The molecule has 0 spiro atoms. The summed E-state index contributed by atoms with van der Waals surface area (Å²) in [5.41, 5.74) is 0.567. The van der Waals surface area contributed by atoms with E-state index >= 15 is 0 Å². The van der Waals surface area contributed by atoms with Crippen LogP contribution in [0.4, 0.5) is 10.1 Å². The first-order valence-electron chi connectivity index (χ1n) is 6.39. The zero-order valence-corrected chi connectivity index (χ0v) is 10.6. The second-order valence-corrected chi connectivity index (χ2v) is 4.61. The molecule has 1 aliphatic carbocycles. The molecule has 0 bridgehead atoms. The molecule has 0 aromatic heterocycles. The van der Waals surface area contributed by atoms with Crippen LogP contribution in [0.15, 0.2) is 24.3 Å². The van der Waals surface area contributed by atoms with Gasteiger partial charge in [-0.2, -0.15) is 5.26 Å². The molecule has 0 radical (unpaired) electrons. The zero-order chi connectivity index (χ0) is 13.0. The number of rotatable bonds is 6. The summed E-state index contributed by atoms with van der Waals surface area (Å²) in [7, 11) is 0. The Labute approximate surface area is 107 Å². The Balaban J connectivity index is 2.04. The summed E-state index contributed by atoms with van der Waals surface area (Å²) in [4.78, 5) is 1.90. The first-order valence-corrected chi connectivity index (χ1v) is 6.39. The van der Waals surface area contributed by atoms with E-state index in [-0.39, 0.29) is 11.9 Å². The van der Waals surface area contributed by atoms with Crippen LogP contribution < -0.4 is 10.2 Å². The fourth-order valence-corrected chi connectivity index (χ4v) is 1.99. The Morgan fingerprint density at radius 3 is 2.78 bits per heavy atom. The quantitative estimate of drug-likeness (QED) is 0.838. The van der Waals surface area contributed by atoms with Crippen molar-refractivity contribution in [1.29, 1.82) is 5.26 Å². The fraction of sp³-hybridized carbons (Fsp3) is 0.500. The molecule has 96 valence electrons. The van der Waals surface area contributed by atoms with E-state index in [1.165, 1.54) is 6.07 Å². The van der Waals surface area contributed by atoms with Crippen LogP contribution in [0.1, 0.15) is 19.8 Å². The molecule has 1 aliphatic rings. The molecule has 1 N–H and O–H groups in total. The molecule has 1 saturated carbocycles. The second kappa shape index (κ2) is 5.83. The summed E-state index contributed by atoms with van der Waals surface area (Å²) in [6, 6.07) is 9.19. The van der Waals surface area contributed by atoms with Crippen LogP contribution in [0.3, 0.4) is 0 Å². The van der Waals surface area contributed by atoms with Crippen molar-refractivity contribution in [3.05, 3.63) is 30.1 Å². The topological polar surface area (TPSA) is 39.1 Å². The van der Waals surface area contributed by atoms with Gasteiger partial charge in [-0.05, 0) is 31.9 Å². The minimum atomic E-state index is -0.239. The summed E-state index contributed by atoms with van der Waals surface area (Å²) >= 11 is 0. The van der Waals surface area contributed by atoms with Gasteiger partial charge in [0.25, 0.3) is 0 Å². The molecular formula is C14H18FN3. The molecule has 0 aliphatic heterocycles. The van der Waals surface area contributed by atoms with E-state index in [2.05, 4.69) is 11.4 Å². The molecule has 3 nitrogen and oxygen atoms in total. The highest BCUT2D eigenvalue weighted by atomic mass is 19.1. The van der Waals surface area contributed by atoms with Crippen LogP contribution in [0, 0.1) is 17.1 Å². The normalized spacial score (nSPS) is 16.1. The summed E-state index contributed by atoms with van der Waals surface area (Å²) in [5, 5.41) is 12.4. The third-order valence-electron chi connectivity index (χ3n) is 3.15. The van der Waals surface area contributed by atoms with E-state index in [0.29, 0.717) is 24.8 Å². The Morgan fingerprint density at radius 2 is 2.22 bits per heavy atom. The average Bonchev–Trinajstić information content (AvgIpc) is 3.19. The van der Waals surface area contributed by atoms with Gasteiger partial charge in [0.1, 0.15) is 11.9 Å². The van der Waals surface area contributed by atoms with Gasteiger partial charge in [0, 0.05) is 19.1 Å². The molecule has 1 fully saturated rings. The number of halogens is 1. The van der Waals surface area contributed by atoms with Crippen LogP contribution in [0.25, 0.3) is 0 Å². The van der Waals surface area contributed by atoms with Gasteiger partial charge >= 0.3 is 0 Å². The highest BCUT2D eigenvalue weighted by molar-refractivity contribution is 5.47. The van der Waals surface area contributed by atoms with Crippen molar-refractivity contribution in [2.45, 2.75) is 31.8 Å².